The molecule has 0 amide bonds. The fourth-order valence-corrected chi connectivity index (χ4v) is 2.04. The van der Waals surface area contributed by atoms with Crippen molar-refractivity contribution in [2.75, 3.05) is 12.9 Å². The molecule has 0 aliphatic carbocycles. The molecule has 1 aromatic rings. The Hall–Kier alpha value is -0.670. The van der Waals surface area contributed by atoms with Crippen molar-refractivity contribution in [2.24, 2.45) is 5.73 Å². The first-order valence-electron chi connectivity index (χ1n) is 5.32. The standard InChI is InChI=1S/C12H19NOS/c1-3-4-8-14-11-6-5-7-12(15-2)10(11)9-13/h5-7H,3-4,8-9,13H2,1-2H3. The highest BCUT2D eigenvalue weighted by Crippen LogP contribution is 2.28. The van der Waals surface area contributed by atoms with E-state index in [1.54, 1.807) is 11.8 Å². The zero-order valence-corrected chi connectivity index (χ0v) is 10.3. The number of hydrogen-bond acceptors (Lipinski definition) is 3. The van der Waals surface area contributed by atoms with Crippen molar-refractivity contribution in [1.82, 2.24) is 0 Å². The van der Waals surface area contributed by atoms with E-state index in [2.05, 4.69) is 19.2 Å². The molecule has 84 valence electrons. The van der Waals surface area contributed by atoms with Gasteiger partial charge < -0.3 is 10.5 Å². The van der Waals surface area contributed by atoms with Crippen molar-refractivity contribution in [3.63, 3.8) is 0 Å². The number of benzene rings is 1. The Labute approximate surface area is 96.2 Å². The highest BCUT2D eigenvalue weighted by atomic mass is 32.2. The topological polar surface area (TPSA) is 35.2 Å². The van der Waals surface area contributed by atoms with Crippen LogP contribution in [0.2, 0.25) is 0 Å². The van der Waals surface area contributed by atoms with Gasteiger partial charge in [-0.2, -0.15) is 0 Å². The summed E-state index contributed by atoms with van der Waals surface area (Å²) < 4.78 is 5.72. The quantitative estimate of drug-likeness (QED) is 0.597. The lowest BCUT2D eigenvalue weighted by Gasteiger charge is -2.12. The SMILES string of the molecule is CCCCOc1cccc(SC)c1CN. The largest absolute Gasteiger partial charge is 0.493 e. The molecule has 15 heavy (non-hydrogen) atoms. The van der Waals surface area contributed by atoms with Gasteiger partial charge in [0.2, 0.25) is 0 Å². The first kappa shape index (κ1) is 12.4. The van der Waals surface area contributed by atoms with Gasteiger partial charge in [-0.05, 0) is 24.8 Å². The van der Waals surface area contributed by atoms with Crippen LogP contribution in [0.25, 0.3) is 0 Å². The van der Waals surface area contributed by atoms with E-state index in [1.165, 1.54) is 4.90 Å². The molecule has 0 saturated carbocycles. The summed E-state index contributed by atoms with van der Waals surface area (Å²) in [5, 5.41) is 0. The van der Waals surface area contributed by atoms with Gasteiger partial charge in [-0.25, -0.2) is 0 Å². The van der Waals surface area contributed by atoms with Crippen molar-refractivity contribution >= 4 is 11.8 Å². The Balaban J connectivity index is 2.76. The average Bonchev–Trinajstić information content (AvgIpc) is 2.29. The molecule has 0 saturated heterocycles. The highest BCUT2D eigenvalue weighted by Gasteiger charge is 2.06. The lowest BCUT2D eigenvalue weighted by molar-refractivity contribution is 0.305. The summed E-state index contributed by atoms with van der Waals surface area (Å²) in [7, 11) is 0. The molecule has 0 aromatic heterocycles. The molecule has 1 aromatic carbocycles. The molecule has 0 aliphatic rings. The normalized spacial score (nSPS) is 10.3. The van der Waals surface area contributed by atoms with Gasteiger partial charge in [0.05, 0.1) is 6.61 Å². The molecule has 2 N–H and O–H groups in total. The van der Waals surface area contributed by atoms with Crippen LogP contribution in [0.3, 0.4) is 0 Å². The van der Waals surface area contributed by atoms with E-state index < -0.39 is 0 Å². The summed E-state index contributed by atoms with van der Waals surface area (Å²) in [6.45, 7) is 3.48. The van der Waals surface area contributed by atoms with Gasteiger partial charge >= 0.3 is 0 Å². The molecule has 0 unspecified atom stereocenters. The van der Waals surface area contributed by atoms with Crippen LogP contribution in [-0.4, -0.2) is 12.9 Å². The van der Waals surface area contributed by atoms with Crippen LogP contribution in [0.15, 0.2) is 23.1 Å². The average molecular weight is 225 g/mol. The maximum atomic E-state index is 5.74. The zero-order chi connectivity index (χ0) is 11.1. The third-order valence-electron chi connectivity index (χ3n) is 2.27. The second-order valence-electron chi connectivity index (χ2n) is 3.34. The van der Waals surface area contributed by atoms with E-state index in [-0.39, 0.29) is 0 Å². The van der Waals surface area contributed by atoms with E-state index in [0.717, 1.165) is 30.8 Å². The van der Waals surface area contributed by atoms with Crippen LogP contribution in [0.4, 0.5) is 0 Å². The van der Waals surface area contributed by atoms with Gasteiger partial charge in [0.25, 0.3) is 0 Å². The van der Waals surface area contributed by atoms with Crippen molar-refractivity contribution in [3.8, 4) is 5.75 Å². The van der Waals surface area contributed by atoms with Gasteiger partial charge in [0, 0.05) is 17.0 Å². The molecular formula is C12H19NOS. The molecule has 0 aliphatic heterocycles. The molecule has 0 radical (unpaired) electrons. The van der Waals surface area contributed by atoms with Crippen LogP contribution in [-0.2, 0) is 6.54 Å². The number of ether oxygens (including phenoxy) is 1. The van der Waals surface area contributed by atoms with Crippen LogP contribution < -0.4 is 10.5 Å². The zero-order valence-electron chi connectivity index (χ0n) is 9.45. The lowest BCUT2D eigenvalue weighted by atomic mass is 10.2. The number of unbranched alkanes of at least 4 members (excludes halogenated alkanes) is 1. The monoisotopic (exact) mass is 225 g/mol. The van der Waals surface area contributed by atoms with E-state index >= 15 is 0 Å². The molecule has 3 heteroatoms. The van der Waals surface area contributed by atoms with Crippen molar-refractivity contribution in [2.45, 2.75) is 31.2 Å². The van der Waals surface area contributed by atoms with E-state index in [4.69, 9.17) is 10.5 Å². The second-order valence-corrected chi connectivity index (χ2v) is 4.19. The first-order chi connectivity index (χ1) is 7.33. The second kappa shape index (κ2) is 6.75. The molecule has 0 atom stereocenters. The molecule has 1 rings (SSSR count). The van der Waals surface area contributed by atoms with E-state index in [0.29, 0.717) is 6.54 Å². The van der Waals surface area contributed by atoms with Crippen LogP contribution >= 0.6 is 11.8 Å². The summed E-state index contributed by atoms with van der Waals surface area (Å²) in [4.78, 5) is 1.21. The number of rotatable bonds is 6. The van der Waals surface area contributed by atoms with Gasteiger partial charge in [-0.1, -0.05) is 19.4 Å². The number of hydrogen-bond donors (Lipinski definition) is 1. The van der Waals surface area contributed by atoms with E-state index in [1.807, 2.05) is 12.1 Å². The third-order valence-corrected chi connectivity index (χ3v) is 3.09. The molecule has 0 bridgehead atoms. The fraction of sp³-hybridized carbons (Fsp3) is 0.500. The summed E-state index contributed by atoms with van der Waals surface area (Å²) in [5.41, 5.74) is 6.86. The summed E-state index contributed by atoms with van der Waals surface area (Å²) in [5.74, 6) is 0.942. The summed E-state index contributed by atoms with van der Waals surface area (Å²) >= 11 is 1.71. The Morgan fingerprint density at radius 1 is 1.40 bits per heavy atom. The highest BCUT2D eigenvalue weighted by molar-refractivity contribution is 7.98. The van der Waals surface area contributed by atoms with Gasteiger partial charge in [-0.15, -0.1) is 11.8 Å². The van der Waals surface area contributed by atoms with Gasteiger partial charge in [-0.3, -0.25) is 0 Å². The summed E-state index contributed by atoms with van der Waals surface area (Å²) in [6.07, 6.45) is 4.30. The maximum Gasteiger partial charge on any atom is 0.124 e. The van der Waals surface area contributed by atoms with Crippen molar-refractivity contribution < 1.29 is 4.74 Å². The van der Waals surface area contributed by atoms with Crippen molar-refractivity contribution in [3.05, 3.63) is 23.8 Å². The Morgan fingerprint density at radius 2 is 2.20 bits per heavy atom. The van der Waals surface area contributed by atoms with Gasteiger partial charge in [0.1, 0.15) is 5.75 Å². The molecule has 0 spiro atoms. The number of thioether (sulfide) groups is 1. The molecule has 0 fully saturated rings. The molecular weight excluding hydrogens is 206 g/mol. The Kier molecular flexibility index (Phi) is 5.58. The predicted octanol–water partition coefficient (Wildman–Crippen LogP) is 3.05. The molecule has 0 heterocycles. The lowest BCUT2D eigenvalue weighted by Crippen LogP contribution is -2.04. The van der Waals surface area contributed by atoms with Crippen LogP contribution in [0, 0.1) is 0 Å². The maximum absolute atomic E-state index is 5.74. The summed E-state index contributed by atoms with van der Waals surface area (Å²) in [6, 6.07) is 6.10. The van der Waals surface area contributed by atoms with E-state index in [9.17, 15) is 0 Å². The Bertz CT molecular complexity index is 302. The van der Waals surface area contributed by atoms with Gasteiger partial charge in [0.15, 0.2) is 0 Å². The minimum atomic E-state index is 0.540. The molecule has 2 nitrogen and oxygen atoms in total. The van der Waals surface area contributed by atoms with Crippen molar-refractivity contribution in [1.29, 1.82) is 0 Å². The third kappa shape index (κ3) is 3.43. The number of nitrogens with two attached hydrogens (primary N) is 1. The Morgan fingerprint density at radius 3 is 2.80 bits per heavy atom. The first-order valence-corrected chi connectivity index (χ1v) is 6.54. The minimum Gasteiger partial charge on any atom is -0.493 e. The van der Waals surface area contributed by atoms with Crippen LogP contribution in [0.1, 0.15) is 25.3 Å². The predicted molar refractivity (Wildman–Crippen MR) is 66.5 cm³/mol. The smallest absolute Gasteiger partial charge is 0.124 e. The van der Waals surface area contributed by atoms with Crippen LogP contribution in [0.5, 0.6) is 5.75 Å². The fourth-order valence-electron chi connectivity index (χ4n) is 1.40. The minimum absolute atomic E-state index is 0.540.